The first-order valence-electron chi connectivity index (χ1n) is 14.9. The third kappa shape index (κ3) is 8.29. The molecule has 0 spiro atoms. The maximum absolute atomic E-state index is 14.5. The number of nitrogens with one attached hydrogen (secondary N) is 1. The van der Waals surface area contributed by atoms with E-state index in [1.165, 1.54) is 17.0 Å². The number of hydrogen-bond donors (Lipinski definition) is 1. The van der Waals surface area contributed by atoms with E-state index in [2.05, 4.69) is 5.32 Å². The molecule has 234 valence electrons. The molecule has 4 aromatic rings. The number of nitrogens with zero attached hydrogens (tertiary/aromatic N) is 2. The number of rotatable bonds is 12. The van der Waals surface area contributed by atoms with Crippen LogP contribution in [0.15, 0.2) is 114 Å². The van der Waals surface area contributed by atoms with E-state index < -0.39 is 34.3 Å². The second-order valence-electron chi connectivity index (χ2n) is 11.1. The van der Waals surface area contributed by atoms with Gasteiger partial charge in [0.05, 0.1) is 10.6 Å². The van der Waals surface area contributed by atoms with Crippen LogP contribution in [-0.2, 0) is 32.6 Å². The van der Waals surface area contributed by atoms with Crippen molar-refractivity contribution in [2.24, 2.45) is 0 Å². The molecule has 0 heterocycles. The Kier molecular flexibility index (Phi) is 10.5. The Morgan fingerprint density at radius 2 is 1.47 bits per heavy atom. The lowest BCUT2D eigenvalue weighted by Gasteiger charge is -2.34. The monoisotopic (exact) mass is 647 g/mol. The van der Waals surface area contributed by atoms with Gasteiger partial charge in [-0.25, -0.2) is 12.8 Å². The van der Waals surface area contributed by atoms with Gasteiger partial charge in [-0.15, -0.1) is 0 Å². The molecule has 10 heteroatoms. The summed E-state index contributed by atoms with van der Waals surface area (Å²) >= 11 is 6.30. The smallest absolute Gasteiger partial charge is 0.264 e. The molecule has 1 N–H and O–H groups in total. The molecule has 1 unspecified atom stereocenters. The highest BCUT2D eigenvalue weighted by atomic mass is 35.5. The number of para-hydroxylation sites is 1. The van der Waals surface area contributed by atoms with Gasteiger partial charge in [0.15, 0.2) is 0 Å². The second kappa shape index (κ2) is 14.7. The Balaban J connectivity index is 1.55. The number of carbonyl (C=O) groups excluding carboxylic acids is 2. The zero-order valence-corrected chi connectivity index (χ0v) is 26.3. The fraction of sp³-hybridized carbons (Fsp3) is 0.257. The Hall–Kier alpha value is -4.21. The SMILES string of the molecule is O=C(NC1CCCC1)C(Cc1ccccc1)N(Cc1cccc(Cl)c1)C(=O)CN(c1ccccc1)S(=O)(=O)c1ccc(F)cc1. The second-order valence-corrected chi connectivity index (χ2v) is 13.4. The number of sulfonamides is 1. The Bertz CT molecular complexity index is 1700. The zero-order chi connectivity index (χ0) is 31.8. The summed E-state index contributed by atoms with van der Waals surface area (Å²) in [5.74, 6) is -1.46. The maximum atomic E-state index is 14.5. The molecule has 0 aromatic heterocycles. The summed E-state index contributed by atoms with van der Waals surface area (Å²) in [6, 6.07) is 28.2. The normalized spacial score (nSPS) is 14.1. The standard InChI is InChI=1S/C35H35ClFN3O4S/c36-28-13-9-12-27(22-28)24-39(33(23-26-10-3-1-4-11-26)35(42)38-30-14-7-8-15-30)34(41)25-40(31-16-5-2-6-17-31)45(43,44)32-20-18-29(37)19-21-32/h1-6,9-13,16-22,30,33H,7-8,14-15,23-25H2,(H,38,42). The van der Waals surface area contributed by atoms with Crippen LogP contribution in [0.4, 0.5) is 10.1 Å². The predicted octanol–water partition coefficient (Wildman–Crippen LogP) is 6.37. The van der Waals surface area contributed by atoms with E-state index in [9.17, 15) is 22.4 Å². The largest absolute Gasteiger partial charge is 0.352 e. The molecular weight excluding hydrogens is 613 g/mol. The molecule has 45 heavy (non-hydrogen) atoms. The fourth-order valence-electron chi connectivity index (χ4n) is 5.61. The lowest BCUT2D eigenvalue weighted by Crippen LogP contribution is -2.54. The van der Waals surface area contributed by atoms with E-state index >= 15 is 0 Å². The Morgan fingerprint density at radius 3 is 2.11 bits per heavy atom. The van der Waals surface area contributed by atoms with Crippen LogP contribution in [-0.4, -0.2) is 43.8 Å². The first-order valence-corrected chi connectivity index (χ1v) is 16.7. The molecule has 4 aromatic carbocycles. The number of hydrogen-bond acceptors (Lipinski definition) is 4. The van der Waals surface area contributed by atoms with Crippen molar-refractivity contribution in [2.75, 3.05) is 10.8 Å². The van der Waals surface area contributed by atoms with Gasteiger partial charge in [0, 0.05) is 24.0 Å². The fourth-order valence-corrected chi connectivity index (χ4v) is 7.24. The van der Waals surface area contributed by atoms with Crippen LogP contribution in [0.25, 0.3) is 0 Å². The highest BCUT2D eigenvalue weighted by molar-refractivity contribution is 7.92. The van der Waals surface area contributed by atoms with Crippen molar-refractivity contribution >= 4 is 39.1 Å². The van der Waals surface area contributed by atoms with Crippen LogP contribution in [0.2, 0.25) is 5.02 Å². The summed E-state index contributed by atoms with van der Waals surface area (Å²) in [6.45, 7) is -0.569. The molecule has 0 aliphatic heterocycles. The van der Waals surface area contributed by atoms with E-state index in [4.69, 9.17) is 11.6 Å². The first kappa shape index (κ1) is 32.2. The van der Waals surface area contributed by atoms with Crippen LogP contribution in [0.5, 0.6) is 0 Å². The van der Waals surface area contributed by atoms with Gasteiger partial charge in [-0.2, -0.15) is 0 Å². The minimum absolute atomic E-state index is 0.0126. The molecule has 5 rings (SSSR count). The maximum Gasteiger partial charge on any atom is 0.264 e. The van der Waals surface area contributed by atoms with E-state index in [0.717, 1.165) is 47.7 Å². The molecule has 0 bridgehead atoms. The molecule has 0 radical (unpaired) electrons. The molecule has 1 saturated carbocycles. The summed E-state index contributed by atoms with van der Waals surface area (Å²) in [5, 5.41) is 3.62. The van der Waals surface area contributed by atoms with Crippen LogP contribution in [0.3, 0.4) is 0 Å². The summed E-state index contributed by atoms with van der Waals surface area (Å²) in [6.07, 6.45) is 3.99. The van der Waals surface area contributed by atoms with Gasteiger partial charge in [0.25, 0.3) is 10.0 Å². The zero-order valence-electron chi connectivity index (χ0n) is 24.7. The van der Waals surface area contributed by atoms with Crippen LogP contribution in [0, 0.1) is 5.82 Å². The Labute approximate surface area is 268 Å². The van der Waals surface area contributed by atoms with E-state index in [1.807, 2.05) is 36.4 Å². The molecule has 7 nitrogen and oxygen atoms in total. The molecule has 1 aliphatic rings. The number of amides is 2. The van der Waals surface area contributed by atoms with Crippen LogP contribution >= 0.6 is 11.6 Å². The predicted molar refractivity (Wildman–Crippen MR) is 174 cm³/mol. The van der Waals surface area contributed by atoms with Crippen molar-refractivity contribution in [3.63, 3.8) is 0 Å². The third-order valence-electron chi connectivity index (χ3n) is 7.94. The molecule has 0 saturated heterocycles. The number of anilines is 1. The molecule has 1 fully saturated rings. The third-order valence-corrected chi connectivity index (χ3v) is 9.96. The summed E-state index contributed by atoms with van der Waals surface area (Å²) in [7, 11) is -4.31. The lowest BCUT2D eigenvalue weighted by molar-refractivity contribution is -0.140. The van der Waals surface area contributed by atoms with Crippen molar-refractivity contribution in [1.29, 1.82) is 0 Å². The number of carbonyl (C=O) groups is 2. The van der Waals surface area contributed by atoms with Gasteiger partial charge in [-0.1, -0.05) is 85.1 Å². The highest BCUT2D eigenvalue weighted by Gasteiger charge is 2.35. The van der Waals surface area contributed by atoms with Gasteiger partial charge < -0.3 is 10.2 Å². The highest BCUT2D eigenvalue weighted by Crippen LogP contribution is 2.26. The molecule has 1 atom stereocenters. The van der Waals surface area contributed by atoms with Crippen molar-refractivity contribution in [3.05, 3.63) is 131 Å². The van der Waals surface area contributed by atoms with Crippen molar-refractivity contribution < 1.29 is 22.4 Å². The van der Waals surface area contributed by atoms with Crippen molar-refractivity contribution in [3.8, 4) is 0 Å². The van der Waals surface area contributed by atoms with Crippen molar-refractivity contribution in [2.45, 2.75) is 55.6 Å². The van der Waals surface area contributed by atoms with Gasteiger partial charge in [-0.05, 0) is 72.5 Å². The first-order chi connectivity index (χ1) is 21.7. The van der Waals surface area contributed by atoms with Crippen LogP contribution in [0.1, 0.15) is 36.8 Å². The topological polar surface area (TPSA) is 86.8 Å². The number of benzene rings is 4. The number of halogens is 2. The minimum Gasteiger partial charge on any atom is -0.352 e. The van der Waals surface area contributed by atoms with Gasteiger partial charge in [0.2, 0.25) is 11.8 Å². The average molecular weight is 648 g/mol. The lowest BCUT2D eigenvalue weighted by atomic mass is 10.0. The minimum atomic E-state index is -4.31. The van der Waals surface area contributed by atoms with E-state index in [0.29, 0.717) is 10.6 Å². The summed E-state index contributed by atoms with van der Waals surface area (Å²) in [5.41, 5.74) is 1.80. The quantitative estimate of drug-likeness (QED) is 0.194. The molecular formula is C35H35ClFN3O4S. The van der Waals surface area contributed by atoms with Crippen molar-refractivity contribution in [1.82, 2.24) is 10.2 Å². The van der Waals surface area contributed by atoms with E-state index in [-0.39, 0.29) is 35.5 Å². The average Bonchev–Trinajstić information content (AvgIpc) is 3.55. The van der Waals surface area contributed by atoms with Gasteiger partial charge >= 0.3 is 0 Å². The summed E-state index contributed by atoms with van der Waals surface area (Å²) < 4.78 is 42.7. The van der Waals surface area contributed by atoms with E-state index in [1.54, 1.807) is 48.5 Å². The van der Waals surface area contributed by atoms with Crippen LogP contribution < -0.4 is 9.62 Å². The molecule has 1 aliphatic carbocycles. The molecule has 2 amide bonds. The summed E-state index contributed by atoms with van der Waals surface area (Å²) in [4.78, 5) is 29.8. The van der Waals surface area contributed by atoms with Gasteiger partial charge in [-0.3, -0.25) is 13.9 Å². The Morgan fingerprint density at radius 1 is 0.844 bits per heavy atom. The van der Waals surface area contributed by atoms with Gasteiger partial charge in [0.1, 0.15) is 18.4 Å².